The summed E-state index contributed by atoms with van der Waals surface area (Å²) < 4.78 is 33.5. The van der Waals surface area contributed by atoms with Crippen LogP contribution in [0.5, 0.6) is 0 Å². The fourth-order valence-electron chi connectivity index (χ4n) is 4.07. The van der Waals surface area contributed by atoms with Gasteiger partial charge in [0, 0.05) is 37.3 Å². The molecule has 0 bridgehead atoms. The van der Waals surface area contributed by atoms with Crippen LogP contribution in [0, 0.1) is 5.82 Å². The quantitative estimate of drug-likeness (QED) is 0.282. The summed E-state index contributed by atoms with van der Waals surface area (Å²) in [4.78, 5) is 2.25. The van der Waals surface area contributed by atoms with E-state index >= 15 is 0 Å². The van der Waals surface area contributed by atoms with Crippen molar-refractivity contribution in [2.75, 3.05) is 32.8 Å². The Kier molecular flexibility index (Phi) is 9.55. The molecule has 0 spiro atoms. The Bertz CT molecular complexity index is 1170. The first-order valence-corrected chi connectivity index (χ1v) is 14.3. The molecule has 188 valence electrons. The van der Waals surface area contributed by atoms with Gasteiger partial charge in [-0.05, 0) is 28.8 Å². The van der Waals surface area contributed by atoms with Gasteiger partial charge in [-0.1, -0.05) is 96.0 Å². The van der Waals surface area contributed by atoms with Crippen LogP contribution in [0.15, 0.2) is 96.6 Å². The third-order valence-electron chi connectivity index (χ3n) is 5.98. The molecule has 0 radical (unpaired) electrons. The molecular weight excluding hydrogens is 517 g/mol. The fourth-order valence-corrected chi connectivity index (χ4v) is 6.88. The lowest BCUT2D eigenvalue weighted by Gasteiger charge is -2.35. The Morgan fingerprint density at radius 1 is 0.889 bits per heavy atom. The lowest BCUT2D eigenvalue weighted by Crippen LogP contribution is -2.42. The summed E-state index contributed by atoms with van der Waals surface area (Å²) in [6.45, 7) is 2.99. The summed E-state index contributed by atoms with van der Waals surface area (Å²) in [5, 5.41) is 4.00. The topological polar surface area (TPSA) is 41.6 Å². The van der Waals surface area contributed by atoms with Crippen molar-refractivity contribution in [2.45, 2.75) is 6.04 Å². The van der Waals surface area contributed by atoms with E-state index in [-0.39, 0.29) is 11.9 Å². The highest BCUT2D eigenvalue weighted by Crippen LogP contribution is 2.50. The summed E-state index contributed by atoms with van der Waals surface area (Å²) in [6.07, 6.45) is 0. The smallest absolute Gasteiger partial charge is 0.193 e. The van der Waals surface area contributed by atoms with Gasteiger partial charge < -0.3 is 4.74 Å². The van der Waals surface area contributed by atoms with E-state index in [4.69, 9.17) is 27.9 Å². The van der Waals surface area contributed by atoms with Crippen molar-refractivity contribution < 1.29 is 13.7 Å². The molecule has 8 heteroatoms. The van der Waals surface area contributed by atoms with Crippen molar-refractivity contribution in [3.05, 3.63) is 119 Å². The van der Waals surface area contributed by atoms with Crippen LogP contribution < -0.4 is 5.09 Å². The molecule has 3 aromatic rings. The van der Waals surface area contributed by atoms with Gasteiger partial charge in [0.2, 0.25) is 0 Å². The molecule has 1 N–H and O–H groups in total. The third-order valence-corrected chi connectivity index (χ3v) is 8.90. The molecule has 2 unspecified atom stereocenters. The van der Waals surface area contributed by atoms with Crippen LogP contribution in [-0.4, -0.2) is 37.7 Å². The van der Waals surface area contributed by atoms with Crippen molar-refractivity contribution >= 4 is 40.6 Å². The predicted octanol–water partition coefficient (Wildman–Crippen LogP) is 7.54. The number of hydrogen-bond acceptors (Lipinski definition) is 3. The standard InChI is InChI=1S/C28H28Cl2FN2O2P/c29-26(22-7-3-1-4-8-22)20-36(34,21-27(30)23-9-5-2-6-10-23)32-19-28(33-15-17-35-18-16-33)24-11-13-25(31)14-12-24/h1-14,20-21,28H,15-19H2,(H,32,34)/b26-20-,27-21+. The van der Waals surface area contributed by atoms with Crippen LogP contribution >= 0.6 is 30.5 Å². The molecule has 0 aromatic heterocycles. The van der Waals surface area contributed by atoms with Crippen molar-refractivity contribution in [1.29, 1.82) is 0 Å². The van der Waals surface area contributed by atoms with Crippen molar-refractivity contribution in [3.8, 4) is 0 Å². The van der Waals surface area contributed by atoms with Crippen LogP contribution in [0.1, 0.15) is 22.7 Å². The lowest BCUT2D eigenvalue weighted by molar-refractivity contribution is 0.0172. The van der Waals surface area contributed by atoms with E-state index in [1.165, 1.54) is 12.1 Å². The molecule has 0 amide bonds. The van der Waals surface area contributed by atoms with Crippen LogP contribution in [-0.2, 0) is 9.30 Å². The van der Waals surface area contributed by atoms with Crippen molar-refractivity contribution in [1.82, 2.24) is 9.99 Å². The molecule has 1 heterocycles. The molecule has 0 saturated carbocycles. The number of benzene rings is 3. The molecule has 1 aliphatic heterocycles. The van der Waals surface area contributed by atoms with Gasteiger partial charge in [-0.2, -0.15) is 0 Å². The van der Waals surface area contributed by atoms with Gasteiger partial charge in [0.25, 0.3) is 0 Å². The van der Waals surface area contributed by atoms with Crippen molar-refractivity contribution in [2.24, 2.45) is 0 Å². The maximum atomic E-state index is 14.3. The SMILES string of the molecule is O=P(/C=C(\Cl)c1ccccc1)(/C=C(/Cl)c1ccccc1)NCC(c1ccc(F)cc1)N1CCOCC1. The first kappa shape index (κ1) is 26.8. The number of nitrogens with one attached hydrogen (secondary N) is 1. The van der Waals surface area contributed by atoms with E-state index in [0.717, 1.165) is 29.8 Å². The molecule has 1 aliphatic rings. The summed E-state index contributed by atoms with van der Waals surface area (Å²) in [6, 6.07) is 25.0. The molecule has 1 fully saturated rings. The molecule has 36 heavy (non-hydrogen) atoms. The second-order valence-electron chi connectivity index (χ2n) is 8.47. The molecule has 4 nitrogen and oxygen atoms in total. The number of morpholine rings is 1. The van der Waals surface area contributed by atoms with Gasteiger partial charge in [-0.15, -0.1) is 0 Å². The monoisotopic (exact) mass is 544 g/mol. The number of ether oxygens (including phenoxy) is 1. The Morgan fingerprint density at radius 2 is 1.39 bits per heavy atom. The Morgan fingerprint density at radius 3 is 1.89 bits per heavy atom. The number of hydrogen-bond donors (Lipinski definition) is 1. The van der Waals surface area contributed by atoms with Gasteiger partial charge in [-0.3, -0.25) is 14.6 Å². The normalized spacial score (nSPS) is 18.0. The third kappa shape index (κ3) is 7.39. The van der Waals surface area contributed by atoms with E-state index in [1.807, 2.05) is 60.7 Å². The van der Waals surface area contributed by atoms with E-state index in [2.05, 4.69) is 9.99 Å². The average Bonchev–Trinajstić information content (AvgIpc) is 2.91. The first-order chi connectivity index (χ1) is 17.4. The Labute approximate surface area is 221 Å². The second kappa shape index (κ2) is 12.8. The first-order valence-electron chi connectivity index (χ1n) is 11.7. The van der Waals surface area contributed by atoms with Gasteiger partial charge in [0.05, 0.1) is 23.3 Å². The Hall–Kier alpha value is -2.24. The highest BCUT2D eigenvalue weighted by Gasteiger charge is 2.26. The van der Waals surface area contributed by atoms with E-state index in [1.54, 1.807) is 23.8 Å². The zero-order valence-corrected chi connectivity index (χ0v) is 22.1. The van der Waals surface area contributed by atoms with Crippen LogP contribution in [0.4, 0.5) is 4.39 Å². The Balaban J connectivity index is 1.67. The maximum absolute atomic E-state index is 14.3. The molecule has 2 atom stereocenters. The largest absolute Gasteiger partial charge is 0.379 e. The molecule has 4 rings (SSSR count). The van der Waals surface area contributed by atoms with Gasteiger partial charge in [0.1, 0.15) is 5.82 Å². The zero-order valence-electron chi connectivity index (χ0n) is 19.7. The lowest BCUT2D eigenvalue weighted by atomic mass is 10.0. The molecule has 3 aromatic carbocycles. The molecule has 1 saturated heterocycles. The van der Waals surface area contributed by atoms with Gasteiger partial charge >= 0.3 is 0 Å². The molecule has 0 aliphatic carbocycles. The fraction of sp³-hybridized carbons (Fsp3) is 0.214. The van der Waals surface area contributed by atoms with Crippen molar-refractivity contribution in [3.63, 3.8) is 0 Å². The number of nitrogens with zero attached hydrogens (tertiary/aromatic N) is 1. The predicted molar refractivity (Wildman–Crippen MR) is 148 cm³/mol. The highest BCUT2D eigenvalue weighted by atomic mass is 35.5. The van der Waals surface area contributed by atoms with Crippen LogP contribution in [0.25, 0.3) is 10.1 Å². The number of halogens is 3. The summed E-state index contributed by atoms with van der Waals surface area (Å²) >= 11 is 13.3. The minimum atomic E-state index is -3.37. The average molecular weight is 545 g/mol. The number of rotatable bonds is 9. The minimum Gasteiger partial charge on any atom is -0.379 e. The van der Waals surface area contributed by atoms with E-state index in [9.17, 15) is 8.96 Å². The maximum Gasteiger partial charge on any atom is 0.193 e. The minimum absolute atomic E-state index is 0.143. The van der Waals surface area contributed by atoms with Crippen LogP contribution in [0.3, 0.4) is 0 Å². The molecular formula is C28H28Cl2FN2O2P. The van der Waals surface area contributed by atoms with E-state index < -0.39 is 7.29 Å². The van der Waals surface area contributed by atoms with Gasteiger partial charge in [0.15, 0.2) is 7.29 Å². The van der Waals surface area contributed by atoms with Crippen LogP contribution in [0.2, 0.25) is 0 Å². The van der Waals surface area contributed by atoms with Gasteiger partial charge in [-0.25, -0.2) is 4.39 Å². The van der Waals surface area contributed by atoms with E-state index in [0.29, 0.717) is 29.8 Å². The highest BCUT2D eigenvalue weighted by molar-refractivity contribution is 7.68. The zero-order chi connectivity index (χ0) is 25.4. The summed E-state index contributed by atoms with van der Waals surface area (Å²) in [5.74, 6) is 2.81. The summed E-state index contributed by atoms with van der Waals surface area (Å²) in [5.41, 5.74) is 2.44. The summed E-state index contributed by atoms with van der Waals surface area (Å²) in [7, 11) is -3.37. The second-order valence-corrected chi connectivity index (χ2v) is 11.5.